The summed E-state index contributed by atoms with van der Waals surface area (Å²) in [6, 6.07) is 0. The molecular weight excluding hydrogens is 256 g/mol. The highest BCUT2D eigenvalue weighted by Crippen LogP contribution is 2.22. The fourth-order valence-corrected chi connectivity index (χ4v) is 1.97. The molecule has 0 saturated carbocycles. The van der Waals surface area contributed by atoms with Gasteiger partial charge in [-0.1, -0.05) is 0 Å². The lowest BCUT2D eigenvalue weighted by atomic mass is 10.2. The number of hydrazine groups is 1. The Balaban J connectivity index is 1.71. The van der Waals surface area contributed by atoms with Crippen LogP contribution in [0.15, 0.2) is 4.99 Å². The third-order valence-corrected chi connectivity index (χ3v) is 2.83. The minimum atomic E-state index is -1.00. The molecule has 0 aromatic rings. The molecule has 4 N–H and O–H groups in total. The number of hydrogen-bond donors (Lipinski definition) is 3. The van der Waals surface area contributed by atoms with E-state index in [0.29, 0.717) is 6.67 Å². The molecule has 2 aliphatic heterocycles. The van der Waals surface area contributed by atoms with E-state index in [1.807, 2.05) is 0 Å². The maximum Gasteiger partial charge on any atom is 0.329 e. The van der Waals surface area contributed by atoms with E-state index < -0.39 is 11.9 Å². The SMILES string of the molecule is NC(=O)C1=NCN([C@H]2CC[C@@H](COCC(=O)O)O2)N1. The second-order valence-electron chi connectivity index (χ2n) is 4.29. The summed E-state index contributed by atoms with van der Waals surface area (Å²) in [6.45, 7) is 0.202. The van der Waals surface area contributed by atoms with E-state index in [4.69, 9.17) is 20.3 Å². The highest BCUT2D eigenvalue weighted by molar-refractivity contribution is 6.37. The van der Waals surface area contributed by atoms with Gasteiger partial charge in [0.05, 0.1) is 12.7 Å². The van der Waals surface area contributed by atoms with Crippen LogP contribution < -0.4 is 11.2 Å². The van der Waals surface area contributed by atoms with Crippen LogP contribution in [0.5, 0.6) is 0 Å². The summed E-state index contributed by atoms with van der Waals surface area (Å²) in [5.74, 6) is -1.49. The van der Waals surface area contributed by atoms with E-state index in [1.165, 1.54) is 0 Å². The highest BCUT2D eigenvalue weighted by Gasteiger charge is 2.33. The fraction of sp³-hybridized carbons (Fsp3) is 0.700. The van der Waals surface area contributed by atoms with Crippen LogP contribution in [0.4, 0.5) is 0 Å². The molecule has 2 heterocycles. The molecule has 0 radical (unpaired) electrons. The average Bonchev–Trinajstić information content (AvgIpc) is 2.95. The molecule has 9 heteroatoms. The van der Waals surface area contributed by atoms with Crippen LogP contribution in [-0.4, -0.2) is 60.0 Å². The maximum atomic E-state index is 10.9. The van der Waals surface area contributed by atoms with E-state index in [1.54, 1.807) is 5.01 Å². The number of aliphatic imine (C=N–C) groups is 1. The van der Waals surface area contributed by atoms with Crippen LogP contribution >= 0.6 is 0 Å². The maximum absolute atomic E-state index is 10.9. The molecule has 1 amide bonds. The van der Waals surface area contributed by atoms with Crippen molar-refractivity contribution in [2.75, 3.05) is 19.9 Å². The Morgan fingerprint density at radius 2 is 2.37 bits per heavy atom. The van der Waals surface area contributed by atoms with Crippen molar-refractivity contribution in [3.63, 3.8) is 0 Å². The molecule has 1 saturated heterocycles. The number of amides is 1. The number of carboxylic acids is 1. The molecule has 0 aromatic heterocycles. The van der Waals surface area contributed by atoms with E-state index in [2.05, 4.69) is 10.4 Å². The minimum absolute atomic E-state index is 0.120. The first-order chi connectivity index (χ1) is 9.06. The standard InChI is InChI=1S/C10H16N4O5/c11-9(17)10-12-5-14(13-10)7-2-1-6(19-7)3-18-4-8(15)16/h6-7H,1-5H2,(H2,11,17)(H,12,13)(H,15,16)/t6-,7+/m0/s1. The lowest BCUT2D eigenvalue weighted by molar-refractivity contribution is -0.144. The Kier molecular flexibility index (Phi) is 4.30. The van der Waals surface area contributed by atoms with Crippen molar-refractivity contribution in [3.8, 4) is 0 Å². The summed E-state index contributed by atoms with van der Waals surface area (Å²) in [7, 11) is 0. The van der Waals surface area contributed by atoms with Crippen LogP contribution in [-0.2, 0) is 19.1 Å². The number of primary amides is 1. The predicted molar refractivity (Wildman–Crippen MR) is 62.8 cm³/mol. The highest BCUT2D eigenvalue weighted by atomic mass is 16.6. The first kappa shape index (κ1) is 13.7. The molecule has 2 rings (SSSR count). The molecule has 0 aromatic carbocycles. The van der Waals surface area contributed by atoms with Gasteiger partial charge in [0.25, 0.3) is 5.91 Å². The van der Waals surface area contributed by atoms with Crippen molar-refractivity contribution >= 4 is 17.7 Å². The van der Waals surface area contributed by atoms with Crippen molar-refractivity contribution in [2.45, 2.75) is 25.2 Å². The summed E-state index contributed by atoms with van der Waals surface area (Å²) >= 11 is 0. The Morgan fingerprint density at radius 1 is 1.58 bits per heavy atom. The van der Waals surface area contributed by atoms with E-state index in [-0.39, 0.29) is 31.4 Å². The number of nitrogens with zero attached hydrogens (tertiary/aromatic N) is 2. The Bertz CT molecular complexity index is 399. The van der Waals surface area contributed by atoms with Gasteiger partial charge in [-0.05, 0) is 12.8 Å². The quantitative estimate of drug-likeness (QED) is 0.523. The van der Waals surface area contributed by atoms with Gasteiger partial charge in [0, 0.05) is 0 Å². The lowest BCUT2D eigenvalue weighted by Gasteiger charge is -2.23. The molecule has 106 valence electrons. The number of hydrogen-bond acceptors (Lipinski definition) is 7. The van der Waals surface area contributed by atoms with Gasteiger partial charge < -0.3 is 20.3 Å². The molecule has 0 bridgehead atoms. The van der Waals surface area contributed by atoms with Gasteiger partial charge in [0.15, 0.2) is 0 Å². The van der Waals surface area contributed by atoms with Gasteiger partial charge in [0.2, 0.25) is 5.84 Å². The predicted octanol–water partition coefficient (Wildman–Crippen LogP) is -1.75. The summed E-state index contributed by atoms with van der Waals surface area (Å²) in [6.07, 6.45) is 1.13. The Labute approximate surface area is 109 Å². The van der Waals surface area contributed by atoms with Gasteiger partial charge in [-0.2, -0.15) is 5.01 Å². The number of carbonyl (C=O) groups is 2. The van der Waals surface area contributed by atoms with E-state index in [9.17, 15) is 9.59 Å². The van der Waals surface area contributed by atoms with Crippen LogP contribution in [0.1, 0.15) is 12.8 Å². The van der Waals surface area contributed by atoms with Gasteiger partial charge in [0.1, 0.15) is 19.5 Å². The normalized spacial score (nSPS) is 27.1. The molecule has 1 fully saturated rings. The third kappa shape index (κ3) is 3.63. The second-order valence-corrected chi connectivity index (χ2v) is 4.29. The lowest BCUT2D eigenvalue weighted by Crippen LogP contribution is -2.47. The average molecular weight is 272 g/mol. The first-order valence-electron chi connectivity index (χ1n) is 5.89. The number of nitrogens with two attached hydrogens (primary N) is 1. The number of ether oxygens (including phenoxy) is 2. The van der Waals surface area contributed by atoms with E-state index in [0.717, 1.165) is 12.8 Å². The third-order valence-electron chi connectivity index (χ3n) is 2.83. The number of amidine groups is 1. The van der Waals surface area contributed by atoms with Crippen LogP contribution in [0.2, 0.25) is 0 Å². The molecule has 2 aliphatic rings. The van der Waals surface area contributed by atoms with Crippen molar-refractivity contribution in [3.05, 3.63) is 0 Å². The largest absolute Gasteiger partial charge is 0.480 e. The molecular formula is C10H16N4O5. The van der Waals surface area contributed by atoms with Gasteiger partial charge in [-0.3, -0.25) is 10.2 Å². The molecule has 2 atom stereocenters. The topological polar surface area (TPSA) is 126 Å². The van der Waals surface area contributed by atoms with Crippen LogP contribution in [0.25, 0.3) is 0 Å². The Morgan fingerprint density at radius 3 is 3.00 bits per heavy atom. The molecule has 0 aliphatic carbocycles. The molecule has 19 heavy (non-hydrogen) atoms. The number of aliphatic carboxylic acids is 1. The number of nitrogens with one attached hydrogen (secondary N) is 1. The van der Waals surface area contributed by atoms with Crippen LogP contribution in [0, 0.1) is 0 Å². The number of rotatable bonds is 6. The van der Waals surface area contributed by atoms with E-state index >= 15 is 0 Å². The second kappa shape index (κ2) is 5.95. The summed E-state index contributed by atoms with van der Waals surface area (Å²) in [5, 5.41) is 10.1. The number of carboxylic acid groups (broad SMARTS) is 1. The van der Waals surface area contributed by atoms with Gasteiger partial charge in [-0.25, -0.2) is 9.79 Å². The van der Waals surface area contributed by atoms with Crippen LogP contribution in [0.3, 0.4) is 0 Å². The number of carbonyl (C=O) groups excluding carboxylic acids is 1. The minimum Gasteiger partial charge on any atom is -0.480 e. The Hall–Kier alpha value is -1.71. The zero-order valence-corrected chi connectivity index (χ0v) is 10.2. The summed E-state index contributed by atoms with van der Waals surface area (Å²) in [4.78, 5) is 25.2. The smallest absolute Gasteiger partial charge is 0.329 e. The monoisotopic (exact) mass is 272 g/mol. The fourth-order valence-electron chi connectivity index (χ4n) is 1.97. The zero-order chi connectivity index (χ0) is 13.8. The van der Waals surface area contributed by atoms with Gasteiger partial charge >= 0.3 is 5.97 Å². The zero-order valence-electron chi connectivity index (χ0n) is 10.2. The van der Waals surface area contributed by atoms with Crippen molar-refractivity contribution in [1.82, 2.24) is 10.4 Å². The summed E-state index contributed by atoms with van der Waals surface area (Å²) in [5.41, 5.74) is 7.88. The molecule has 9 nitrogen and oxygen atoms in total. The van der Waals surface area contributed by atoms with Crippen molar-refractivity contribution in [1.29, 1.82) is 0 Å². The first-order valence-corrected chi connectivity index (χ1v) is 5.89. The molecule has 0 spiro atoms. The van der Waals surface area contributed by atoms with Crippen molar-refractivity contribution in [2.24, 2.45) is 10.7 Å². The summed E-state index contributed by atoms with van der Waals surface area (Å²) < 4.78 is 10.7. The van der Waals surface area contributed by atoms with Crippen molar-refractivity contribution < 1.29 is 24.2 Å². The molecule has 0 unspecified atom stereocenters. The van der Waals surface area contributed by atoms with Gasteiger partial charge in [-0.15, -0.1) is 0 Å².